The second kappa shape index (κ2) is 6.39. The molecule has 98 valence electrons. The van der Waals surface area contributed by atoms with Crippen molar-refractivity contribution in [2.24, 2.45) is 5.92 Å². The molecule has 17 heavy (non-hydrogen) atoms. The average molecular weight is 239 g/mol. The van der Waals surface area contributed by atoms with Crippen LogP contribution in [0.3, 0.4) is 0 Å². The van der Waals surface area contributed by atoms with E-state index in [1.165, 1.54) is 19.3 Å². The fraction of sp³-hybridized carbons (Fsp3) is 0.929. The molecule has 1 unspecified atom stereocenters. The predicted octanol–water partition coefficient (Wildman–Crippen LogP) is 2.59. The lowest BCUT2D eigenvalue weighted by molar-refractivity contribution is -0.136. The standard InChI is InChI=1S/C14H25NO2/c1-2-13-5-3-4-8-15(13)14(16)11-12-6-9-17-10-7-12/h12-13H,2-11H2,1H3. The van der Waals surface area contributed by atoms with Crippen LogP contribution in [0.5, 0.6) is 0 Å². The van der Waals surface area contributed by atoms with E-state index >= 15 is 0 Å². The Morgan fingerprint density at radius 1 is 1.24 bits per heavy atom. The number of carbonyl (C=O) groups is 1. The molecule has 0 radical (unpaired) electrons. The van der Waals surface area contributed by atoms with Crippen molar-refractivity contribution in [3.05, 3.63) is 0 Å². The second-order valence-corrected chi connectivity index (χ2v) is 5.40. The van der Waals surface area contributed by atoms with Gasteiger partial charge >= 0.3 is 0 Å². The summed E-state index contributed by atoms with van der Waals surface area (Å²) in [5.74, 6) is 0.958. The highest BCUT2D eigenvalue weighted by Gasteiger charge is 2.27. The molecule has 0 saturated carbocycles. The quantitative estimate of drug-likeness (QED) is 0.757. The SMILES string of the molecule is CCC1CCCCN1C(=O)CC1CCOCC1. The highest BCUT2D eigenvalue weighted by Crippen LogP contribution is 2.24. The summed E-state index contributed by atoms with van der Waals surface area (Å²) in [6.45, 7) is 4.87. The molecule has 3 heteroatoms. The van der Waals surface area contributed by atoms with Crippen LogP contribution in [0.1, 0.15) is 51.9 Å². The number of nitrogens with zero attached hydrogens (tertiary/aromatic N) is 1. The third kappa shape index (κ3) is 3.44. The summed E-state index contributed by atoms with van der Waals surface area (Å²) in [6.07, 6.45) is 7.68. The van der Waals surface area contributed by atoms with Crippen LogP contribution >= 0.6 is 0 Å². The van der Waals surface area contributed by atoms with Gasteiger partial charge in [-0.2, -0.15) is 0 Å². The van der Waals surface area contributed by atoms with Gasteiger partial charge in [0, 0.05) is 32.2 Å². The minimum absolute atomic E-state index is 0.392. The van der Waals surface area contributed by atoms with Crippen LogP contribution in [-0.2, 0) is 9.53 Å². The fourth-order valence-electron chi connectivity index (χ4n) is 3.07. The Hall–Kier alpha value is -0.570. The molecule has 0 N–H and O–H groups in total. The highest BCUT2D eigenvalue weighted by atomic mass is 16.5. The first kappa shape index (κ1) is 12.9. The first-order chi connectivity index (χ1) is 8.31. The lowest BCUT2D eigenvalue weighted by atomic mass is 9.93. The molecule has 0 aromatic carbocycles. The maximum Gasteiger partial charge on any atom is 0.223 e. The Labute approximate surface area is 105 Å². The first-order valence-electron chi connectivity index (χ1n) is 7.18. The number of hydrogen-bond acceptors (Lipinski definition) is 2. The summed E-state index contributed by atoms with van der Waals surface area (Å²) in [4.78, 5) is 14.5. The van der Waals surface area contributed by atoms with Crippen LogP contribution in [0, 0.1) is 5.92 Å². The molecule has 1 atom stereocenters. The number of ether oxygens (including phenoxy) is 1. The molecule has 0 aromatic rings. The van der Waals surface area contributed by atoms with Gasteiger partial charge in [-0.25, -0.2) is 0 Å². The van der Waals surface area contributed by atoms with Crippen molar-refractivity contribution in [1.82, 2.24) is 4.90 Å². The van der Waals surface area contributed by atoms with Crippen molar-refractivity contribution in [1.29, 1.82) is 0 Å². The molecule has 1 amide bonds. The fourth-order valence-corrected chi connectivity index (χ4v) is 3.07. The zero-order valence-electron chi connectivity index (χ0n) is 11.0. The van der Waals surface area contributed by atoms with Gasteiger partial charge in [0.2, 0.25) is 5.91 Å². The summed E-state index contributed by atoms with van der Waals surface area (Å²) in [5.41, 5.74) is 0. The van der Waals surface area contributed by atoms with Gasteiger partial charge in [0.05, 0.1) is 0 Å². The summed E-state index contributed by atoms with van der Waals surface area (Å²) in [6, 6.07) is 0.510. The monoisotopic (exact) mass is 239 g/mol. The maximum atomic E-state index is 12.3. The van der Waals surface area contributed by atoms with Gasteiger partial charge in [0.1, 0.15) is 0 Å². The molecule has 2 saturated heterocycles. The zero-order chi connectivity index (χ0) is 12.1. The van der Waals surface area contributed by atoms with Crippen molar-refractivity contribution in [3.63, 3.8) is 0 Å². The van der Waals surface area contributed by atoms with E-state index in [0.29, 0.717) is 17.9 Å². The van der Waals surface area contributed by atoms with E-state index in [0.717, 1.165) is 45.4 Å². The molecule has 0 aliphatic carbocycles. The lowest BCUT2D eigenvalue weighted by Gasteiger charge is -2.36. The molecule has 2 aliphatic heterocycles. The molecule has 2 rings (SSSR count). The van der Waals surface area contributed by atoms with E-state index < -0.39 is 0 Å². The van der Waals surface area contributed by atoms with Crippen LogP contribution in [0.25, 0.3) is 0 Å². The van der Waals surface area contributed by atoms with Crippen LogP contribution in [0.4, 0.5) is 0 Å². The van der Waals surface area contributed by atoms with Gasteiger partial charge in [-0.3, -0.25) is 4.79 Å². The Morgan fingerprint density at radius 3 is 2.71 bits per heavy atom. The van der Waals surface area contributed by atoms with E-state index in [-0.39, 0.29) is 0 Å². The number of carbonyl (C=O) groups excluding carboxylic acids is 1. The van der Waals surface area contributed by atoms with Crippen molar-refractivity contribution in [2.75, 3.05) is 19.8 Å². The van der Waals surface area contributed by atoms with Crippen LogP contribution in [-0.4, -0.2) is 36.6 Å². The van der Waals surface area contributed by atoms with Gasteiger partial charge in [-0.1, -0.05) is 6.92 Å². The van der Waals surface area contributed by atoms with Crippen LogP contribution in [0.15, 0.2) is 0 Å². The van der Waals surface area contributed by atoms with Crippen molar-refractivity contribution < 1.29 is 9.53 Å². The highest BCUT2D eigenvalue weighted by molar-refractivity contribution is 5.76. The molecule has 3 nitrogen and oxygen atoms in total. The Morgan fingerprint density at radius 2 is 2.00 bits per heavy atom. The molecule has 2 aliphatic rings. The van der Waals surface area contributed by atoms with Crippen LogP contribution in [0.2, 0.25) is 0 Å². The average Bonchev–Trinajstić information content (AvgIpc) is 2.40. The maximum absolute atomic E-state index is 12.3. The molecule has 2 heterocycles. The normalized spacial score (nSPS) is 27.1. The second-order valence-electron chi connectivity index (χ2n) is 5.40. The summed E-state index contributed by atoms with van der Waals surface area (Å²) >= 11 is 0. The van der Waals surface area contributed by atoms with E-state index in [9.17, 15) is 4.79 Å². The largest absolute Gasteiger partial charge is 0.381 e. The molecule has 0 aromatic heterocycles. The Balaban J connectivity index is 1.84. The predicted molar refractivity (Wildman–Crippen MR) is 67.8 cm³/mol. The van der Waals surface area contributed by atoms with Gasteiger partial charge in [0.15, 0.2) is 0 Å². The molecule has 2 fully saturated rings. The van der Waals surface area contributed by atoms with Crippen molar-refractivity contribution in [3.8, 4) is 0 Å². The third-order valence-electron chi connectivity index (χ3n) is 4.22. The van der Waals surface area contributed by atoms with Gasteiger partial charge < -0.3 is 9.64 Å². The van der Waals surface area contributed by atoms with Crippen molar-refractivity contribution in [2.45, 2.75) is 57.9 Å². The van der Waals surface area contributed by atoms with E-state index in [1.54, 1.807) is 0 Å². The smallest absolute Gasteiger partial charge is 0.223 e. The van der Waals surface area contributed by atoms with Gasteiger partial charge in [-0.15, -0.1) is 0 Å². The van der Waals surface area contributed by atoms with Gasteiger partial charge in [-0.05, 0) is 44.4 Å². The number of rotatable bonds is 3. The Bertz CT molecular complexity index is 249. The third-order valence-corrected chi connectivity index (χ3v) is 4.22. The molecule has 0 spiro atoms. The number of hydrogen-bond donors (Lipinski definition) is 0. The number of amides is 1. The molecule has 0 bridgehead atoms. The summed E-state index contributed by atoms with van der Waals surface area (Å²) in [5, 5.41) is 0. The number of likely N-dealkylation sites (tertiary alicyclic amines) is 1. The number of piperidine rings is 1. The molecular weight excluding hydrogens is 214 g/mol. The minimum atomic E-state index is 0.392. The molecular formula is C14H25NO2. The summed E-state index contributed by atoms with van der Waals surface area (Å²) in [7, 11) is 0. The first-order valence-corrected chi connectivity index (χ1v) is 7.18. The lowest BCUT2D eigenvalue weighted by Crippen LogP contribution is -2.44. The van der Waals surface area contributed by atoms with Gasteiger partial charge in [0.25, 0.3) is 0 Å². The van der Waals surface area contributed by atoms with E-state index in [1.807, 2.05) is 0 Å². The zero-order valence-corrected chi connectivity index (χ0v) is 11.0. The topological polar surface area (TPSA) is 29.5 Å². The van der Waals surface area contributed by atoms with Crippen LogP contribution < -0.4 is 0 Å². The van der Waals surface area contributed by atoms with Crippen molar-refractivity contribution >= 4 is 5.91 Å². The minimum Gasteiger partial charge on any atom is -0.381 e. The Kier molecular flexibility index (Phi) is 4.84. The summed E-state index contributed by atoms with van der Waals surface area (Å²) < 4.78 is 5.34. The van der Waals surface area contributed by atoms with E-state index in [2.05, 4.69) is 11.8 Å². The van der Waals surface area contributed by atoms with E-state index in [4.69, 9.17) is 4.74 Å².